The number of anilines is 1. The number of nitrogens with one attached hydrogen (secondary N) is 1. The fourth-order valence-corrected chi connectivity index (χ4v) is 3.51. The second kappa shape index (κ2) is 5.36. The third-order valence-corrected chi connectivity index (χ3v) is 4.78. The molecule has 1 saturated heterocycles. The first-order valence-corrected chi connectivity index (χ1v) is 7.30. The smallest absolute Gasteiger partial charge is 0.274 e. The average Bonchev–Trinajstić information content (AvgIpc) is 2.96. The van der Waals surface area contributed by atoms with Crippen LogP contribution in [0.1, 0.15) is 49.0 Å². The number of likely N-dealkylation sites (tertiary alicyclic amines) is 1. The second-order valence-corrected chi connectivity index (χ2v) is 5.93. The summed E-state index contributed by atoms with van der Waals surface area (Å²) in [7, 11) is 0. The summed E-state index contributed by atoms with van der Waals surface area (Å²) in [6.45, 7) is 1.67. The Hall–Kier alpha value is -1.69. The molecule has 0 aromatic carbocycles. The van der Waals surface area contributed by atoms with Crippen LogP contribution in [0.25, 0.3) is 0 Å². The van der Waals surface area contributed by atoms with Crippen molar-refractivity contribution in [1.29, 1.82) is 0 Å². The van der Waals surface area contributed by atoms with E-state index in [0.29, 0.717) is 16.9 Å². The quantitative estimate of drug-likeness (QED) is 0.632. The van der Waals surface area contributed by atoms with Gasteiger partial charge in [-0.3, -0.25) is 9.78 Å². The molecule has 1 aliphatic carbocycles. The van der Waals surface area contributed by atoms with Gasteiger partial charge >= 0.3 is 0 Å². The molecular weight excluding hydrogens is 254 g/mol. The molecule has 108 valence electrons. The molecule has 6 heteroatoms. The molecule has 0 atom stereocenters. The number of nitrogens with zero attached hydrogens (tertiary/aromatic N) is 3. The molecule has 20 heavy (non-hydrogen) atoms. The number of carbonyl (C=O) groups is 1. The highest BCUT2D eigenvalue weighted by Gasteiger charge is 2.38. The Kier molecular flexibility index (Phi) is 3.56. The van der Waals surface area contributed by atoms with Crippen molar-refractivity contribution >= 4 is 11.7 Å². The first-order chi connectivity index (χ1) is 9.72. The summed E-state index contributed by atoms with van der Waals surface area (Å²) in [4.78, 5) is 22.5. The molecule has 2 aliphatic rings. The highest BCUT2D eigenvalue weighted by atomic mass is 16.2. The maximum Gasteiger partial charge on any atom is 0.274 e. The summed E-state index contributed by atoms with van der Waals surface area (Å²) in [5.74, 6) is 5.68. The van der Waals surface area contributed by atoms with Crippen LogP contribution in [-0.4, -0.2) is 33.9 Å². The predicted molar refractivity (Wildman–Crippen MR) is 75.9 cm³/mol. The van der Waals surface area contributed by atoms with Crippen LogP contribution in [0.15, 0.2) is 12.4 Å². The van der Waals surface area contributed by atoms with E-state index in [-0.39, 0.29) is 5.91 Å². The first kappa shape index (κ1) is 13.3. The van der Waals surface area contributed by atoms with Crippen LogP contribution in [0.5, 0.6) is 0 Å². The summed E-state index contributed by atoms with van der Waals surface area (Å²) in [6, 6.07) is 0. The van der Waals surface area contributed by atoms with Crippen molar-refractivity contribution in [3.63, 3.8) is 0 Å². The molecule has 2 fully saturated rings. The Morgan fingerprint density at radius 1 is 1.20 bits per heavy atom. The summed E-state index contributed by atoms with van der Waals surface area (Å²) in [5.41, 5.74) is 3.30. The van der Waals surface area contributed by atoms with Crippen LogP contribution >= 0.6 is 0 Å². The zero-order chi connectivity index (χ0) is 14.0. The SMILES string of the molecule is NNc1cncc(C(=O)N2CCC3(CCCC3)CC2)n1. The molecule has 3 rings (SSSR count). The topological polar surface area (TPSA) is 84.1 Å². The number of piperidine rings is 1. The summed E-state index contributed by atoms with van der Waals surface area (Å²) in [6.07, 6.45) is 10.6. The van der Waals surface area contributed by atoms with Crippen molar-refractivity contribution in [2.45, 2.75) is 38.5 Å². The van der Waals surface area contributed by atoms with Gasteiger partial charge < -0.3 is 10.3 Å². The molecule has 1 amide bonds. The van der Waals surface area contributed by atoms with Gasteiger partial charge in [-0.15, -0.1) is 0 Å². The van der Waals surface area contributed by atoms with E-state index in [0.717, 1.165) is 25.9 Å². The number of carbonyl (C=O) groups excluding carboxylic acids is 1. The Balaban J connectivity index is 1.66. The average molecular weight is 275 g/mol. The van der Waals surface area contributed by atoms with Crippen molar-refractivity contribution in [3.05, 3.63) is 18.1 Å². The summed E-state index contributed by atoms with van der Waals surface area (Å²) < 4.78 is 0. The van der Waals surface area contributed by atoms with Crippen LogP contribution in [0, 0.1) is 5.41 Å². The normalized spacial score (nSPS) is 21.1. The van der Waals surface area contributed by atoms with E-state index in [1.807, 2.05) is 4.90 Å². The molecule has 1 aliphatic heterocycles. The minimum absolute atomic E-state index is 0.0394. The van der Waals surface area contributed by atoms with Gasteiger partial charge in [0.2, 0.25) is 0 Å². The van der Waals surface area contributed by atoms with Gasteiger partial charge in [-0.25, -0.2) is 10.8 Å². The third-order valence-electron chi connectivity index (χ3n) is 4.78. The minimum atomic E-state index is -0.0394. The molecule has 3 N–H and O–H groups in total. The lowest BCUT2D eigenvalue weighted by atomic mass is 9.77. The molecule has 0 unspecified atom stereocenters. The highest BCUT2D eigenvalue weighted by molar-refractivity contribution is 5.92. The standard InChI is InChI=1S/C14H21N5O/c15-18-12-10-16-9-11(17-12)13(20)19-7-5-14(6-8-19)3-1-2-4-14/h9-10H,1-8,15H2,(H,17,18). The van der Waals surface area contributed by atoms with Crippen molar-refractivity contribution in [1.82, 2.24) is 14.9 Å². The van der Waals surface area contributed by atoms with Crippen LogP contribution in [0.4, 0.5) is 5.82 Å². The van der Waals surface area contributed by atoms with E-state index < -0.39 is 0 Å². The third kappa shape index (κ3) is 2.47. The van der Waals surface area contributed by atoms with Crippen molar-refractivity contribution in [3.8, 4) is 0 Å². The monoisotopic (exact) mass is 275 g/mol. The maximum absolute atomic E-state index is 12.4. The van der Waals surface area contributed by atoms with E-state index in [1.165, 1.54) is 38.1 Å². The minimum Gasteiger partial charge on any atom is -0.337 e. The zero-order valence-electron chi connectivity index (χ0n) is 11.6. The van der Waals surface area contributed by atoms with Crippen LogP contribution in [-0.2, 0) is 0 Å². The van der Waals surface area contributed by atoms with Crippen molar-refractivity contribution in [2.75, 3.05) is 18.5 Å². The Morgan fingerprint density at radius 3 is 2.55 bits per heavy atom. The molecule has 0 radical (unpaired) electrons. The number of hydrogen-bond donors (Lipinski definition) is 2. The second-order valence-electron chi connectivity index (χ2n) is 5.93. The molecule has 1 aromatic heterocycles. The number of amides is 1. The van der Waals surface area contributed by atoms with Crippen molar-refractivity contribution in [2.24, 2.45) is 11.3 Å². The van der Waals surface area contributed by atoms with E-state index in [4.69, 9.17) is 5.84 Å². The fourth-order valence-electron chi connectivity index (χ4n) is 3.51. The lowest BCUT2D eigenvalue weighted by molar-refractivity contribution is 0.0581. The summed E-state index contributed by atoms with van der Waals surface area (Å²) >= 11 is 0. The molecule has 1 aromatic rings. The van der Waals surface area contributed by atoms with Gasteiger partial charge in [-0.05, 0) is 31.1 Å². The maximum atomic E-state index is 12.4. The molecule has 0 bridgehead atoms. The fraction of sp³-hybridized carbons (Fsp3) is 0.643. The predicted octanol–water partition coefficient (Wildman–Crippen LogP) is 1.56. The van der Waals surface area contributed by atoms with E-state index in [2.05, 4.69) is 15.4 Å². The Labute approximate surface area is 118 Å². The number of nitrogen functional groups attached to an aromatic ring is 1. The van der Waals surface area contributed by atoms with Gasteiger partial charge in [0.05, 0.1) is 12.4 Å². The Bertz CT molecular complexity index is 488. The van der Waals surface area contributed by atoms with Gasteiger partial charge in [0.1, 0.15) is 5.69 Å². The number of aromatic nitrogens is 2. The zero-order valence-corrected chi connectivity index (χ0v) is 11.6. The number of nitrogens with two attached hydrogens (primary N) is 1. The number of hydrazine groups is 1. The highest BCUT2D eigenvalue weighted by Crippen LogP contribution is 2.46. The van der Waals surface area contributed by atoms with Gasteiger partial charge in [-0.2, -0.15) is 0 Å². The lowest BCUT2D eigenvalue weighted by Crippen LogP contribution is -2.42. The van der Waals surface area contributed by atoms with Crippen molar-refractivity contribution < 1.29 is 4.79 Å². The van der Waals surface area contributed by atoms with Gasteiger partial charge in [-0.1, -0.05) is 12.8 Å². The van der Waals surface area contributed by atoms with E-state index in [9.17, 15) is 4.79 Å². The van der Waals surface area contributed by atoms with E-state index >= 15 is 0 Å². The lowest BCUT2D eigenvalue weighted by Gasteiger charge is -2.39. The first-order valence-electron chi connectivity index (χ1n) is 7.30. The molecule has 1 spiro atoms. The molecule has 6 nitrogen and oxygen atoms in total. The summed E-state index contributed by atoms with van der Waals surface area (Å²) in [5, 5.41) is 0. The molecule has 2 heterocycles. The van der Waals surface area contributed by atoms with Gasteiger partial charge in [0, 0.05) is 13.1 Å². The van der Waals surface area contributed by atoms with Gasteiger partial charge in [0.15, 0.2) is 5.82 Å². The van der Waals surface area contributed by atoms with Crippen LogP contribution < -0.4 is 11.3 Å². The largest absolute Gasteiger partial charge is 0.337 e. The van der Waals surface area contributed by atoms with Crippen LogP contribution in [0.2, 0.25) is 0 Å². The number of rotatable bonds is 2. The molecule has 1 saturated carbocycles. The van der Waals surface area contributed by atoms with E-state index in [1.54, 1.807) is 0 Å². The molecular formula is C14H21N5O. The Morgan fingerprint density at radius 2 is 1.90 bits per heavy atom. The number of hydrogen-bond acceptors (Lipinski definition) is 5. The van der Waals surface area contributed by atoms with Crippen LogP contribution in [0.3, 0.4) is 0 Å². The van der Waals surface area contributed by atoms with Gasteiger partial charge in [0.25, 0.3) is 5.91 Å².